The third-order valence-electron chi connectivity index (χ3n) is 5.49. The molecule has 34 heavy (non-hydrogen) atoms. The number of nitrogens with one attached hydrogen (secondary N) is 1. The fraction of sp³-hybridized carbons (Fsp3) is 0.208. The van der Waals surface area contributed by atoms with Crippen molar-refractivity contribution in [3.05, 3.63) is 75.9 Å². The van der Waals surface area contributed by atoms with Gasteiger partial charge in [0.1, 0.15) is 11.5 Å². The SMILES string of the molecule is Cc1c(C(=O)NCC(N)=O)nc(-c2cccc3cc(Cc4cccc(C(F)(F)F)c4)sc23)n1C. The second-order valence-corrected chi connectivity index (χ2v) is 9.03. The molecule has 0 atom stereocenters. The Balaban J connectivity index is 1.69. The largest absolute Gasteiger partial charge is 0.416 e. The summed E-state index contributed by atoms with van der Waals surface area (Å²) < 4.78 is 41.9. The number of hydrogen-bond donors (Lipinski definition) is 2. The minimum atomic E-state index is -4.39. The molecular formula is C24H21F3N4O2S. The van der Waals surface area contributed by atoms with Crippen molar-refractivity contribution >= 4 is 33.2 Å². The normalized spacial score (nSPS) is 11.7. The summed E-state index contributed by atoms with van der Waals surface area (Å²) in [5.74, 6) is -0.583. The number of benzene rings is 2. The average molecular weight is 487 g/mol. The van der Waals surface area contributed by atoms with E-state index in [9.17, 15) is 22.8 Å². The second-order valence-electron chi connectivity index (χ2n) is 7.89. The van der Waals surface area contributed by atoms with Crippen molar-refractivity contribution < 1.29 is 22.8 Å². The van der Waals surface area contributed by atoms with E-state index in [1.807, 2.05) is 24.3 Å². The molecule has 0 fully saturated rings. The van der Waals surface area contributed by atoms with Gasteiger partial charge in [0.15, 0.2) is 0 Å². The van der Waals surface area contributed by atoms with Crippen LogP contribution in [0.4, 0.5) is 13.2 Å². The minimum Gasteiger partial charge on any atom is -0.368 e. The molecule has 3 N–H and O–H groups in total. The van der Waals surface area contributed by atoms with Crippen LogP contribution >= 0.6 is 11.3 Å². The van der Waals surface area contributed by atoms with Gasteiger partial charge in [0.25, 0.3) is 5.91 Å². The number of imidazole rings is 1. The summed E-state index contributed by atoms with van der Waals surface area (Å²) in [6.45, 7) is 1.47. The number of aromatic nitrogens is 2. The van der Waals surface area contributed by atoms with Gasteiger partial charge < -0.3 is 15.6 Å². The predicted octanol–water partition coefficient (Wildman–Crippen LogP) is 4.43. The van der Waals surface area contributed by atoms with Gasteiger partial charge in [0.2, 0.25) is 5.91 Å². The molecule has 10 heteroatoms. The van der Waals surface area contributed by atoms with Gasteiger partial charge in [-0.1, -0.05) is 30.3 Å². The van der Waals surface area contributed by atoms with E-state index in [0.717, 1.165) is 26.6 Å². The van der Waals surface area contributed by atoms with Crippen LogP contribution in [0.1, 0.15) is 32.2 Å². The molecule has 0 bridgehead atoms. The molecule has 0 aliphatic rings. The average Bonchev–Trinajstić information content (AvgIpc) is 3.32. The standard InChI is InChI=1S/C24H21F3N4O2S/c1-13-20(23(33)29-12-19(28)32)30-22(31(13)2)18-8-4-6-15-11-17(34-21(15)18)10-14-5-3-7-16(9-14)24(25,26)27/h3-9,11H,10,12H2,1-2H3,(H2,28,32)(H,29,33). The number of nitrogens with two attached hydrogens (primary N) is 1. The highest BCUT2D eigenvalue weighted by molar-refractivity contribution is 7.19. The highest BCUT2D eigenvalue weighted by Crippen LogP contribution is 2.36. The lowest BCUT2D eigenvalue weighted by Crippen LogP contribution is -2.33. The first-order valence-corrected chi connectivity index (χ1v) is 11.1. The minimum absolute atomic E-state index is 0.191. The van der Waals surface area contributed by atoms with Crippen molar-refractivity contribution in [2.75, 3.05) is 6.54 Å². The first-order chi connectivity index (χ1) is 16.0. The Morgan fingerprint density at radius 3 is 2.59 bits per heavy atom. The molecule has 0 saturated carbocycles. The van der Waals surface area contributed by atoms with Crippen molar-refractivity contribution in [2.45, 2.75) is 19.5 Å². The number of rotatable bonds is 6. The van der Waals surface area contributed by atoms with Gasteiger partial charge in [-0.25, -0.2) is 4.98 Å². The van der Waals surface area contributed by atoms with Gasteiger partial charge in [-0.3, -0.25) is 9.59 Å². The number of nitrogens with zero attached hydrogens (tertiary/aromatic N) is 2. The molecule has 2 heterocycles. The summed E-state index contributed by atoms with van der Waals surface area (Å²) in [6.07, 6.45) is -4.02. The van der Waals surface area contributed by atoms with E-state index in [1.54, 1.807) is 24.6 Å². The van der Waals surface area contributed by atoms with Crippen LogP contribution in [-0.4, -0.2) is 27.9 Å². The molecule has 0 unspecified atom stereocenters. The summed E-state index contributed by atoms with van der Waals surface area (Å²) in [5, 5.41) is 3.38. The zero-order chi connectivity index (χ0) is 24.6. The molecule has 2 amide bonds. The monoisotopic (exact) mass is 486 g/mol. The highest BCUT2D eigenvalue weighted by atomic mass is 32.1. The topological polar surface area (TPSA) is 90.0 Å². The number of halogens is 3. The Labute approximate surface area is 197 Å². The number of primary amides is 1. The molecule has 2 aromatic carbocycles. The summed E-state index contributed by atoms with van der Waals surface area (Å²) in [6, 6.07) is 13.0. The molecule has 0 aliphatic carbocycles. The number of carbonyl (C=O) groups is 2. The van der Waals surface area contributed by atoms with Gasteiger partial charge in [0.05, 0.1) is 12.1 Å². The number of amides is 2. The quantitative estimate of drug-likeness (QED) is 0.422. The lowest BCUT2D eigenvalue weighted by Gasteiger charge is -2.08. The number of thiophene rings is 1. The van der Waals surface area contributed by atoms with Gasteiger partial charge in [-0.15, -0.1) is 11.3 Å². The van der Waals surface area contributed by atoms with Crippen molar-refractivity contribution in [2.24, 2.45) is 12.8 Å². The van der Waals surface area contributed by atoms with E-state index < -0.39 is 23.6 Å². The Morgan fingerprint density at radius 2 is 1.88 bits per heavy atom. The fourth-order valence-electron chi connectivity index (χ4n) is 3.73. The Kier molecular flexibility index (Phi) is 6.18. The second kappa shape index (κ2) is 8.94. The lowest BCUT2D eigenvalue weighted by molar-refractivity contribution is -0.137. The molecule has 0 spiro atoms. The molecule has 176 valence electrons. The maximum Gasteiger partial charge on any atom is 0.416 e. The smallest absolute Gasteiger partial charge is 0.368 e. The van der Waals surface area contributed by atoms with E-state index in [0.29, 0.717) is 23.5 Å². The summed E-state index contributed by atoms with van der Waals surface area (Å²) in [7, 11) is 1.79. The first kappa shape index (κ1) is 23.5. The van der Waals surface area contributed by atoms with Crippen LogP contribution in [0.3, 0.4) is 0 Å². The van der Waals surface area contributed by atoms with E-state index in [4.69, 9.17) is 5.73 Å². The summed E-state index contributed by atoms with van der Waals surface area (Å²) in [4.78, 5) is 28.9. The number of alkyl halides is 3. The van der Waals surface area contributed by atoms with Crippen LogP contribution < -0.4 is 11.1 Å². The van der Waals surface area contributed by atoms with Crippen LogP contribution in [0.15, 0.2) is 48.5 Å². The van der Waals surface area contributed by atoms with Crippen LogP contribution in [0.5, 0.6) is 0 Å². The maximum atomic E-state index is 13.1. The van der Waals surface area contributed by atoms with Crippen molar-refractivity contribution in [1.29, 1.82) is 0 Å². The Bertz CT molecular complexity index is 1410. The Hall–Kier alpha value is -3.66. The molecule has 0 radical (unpaired) electrons. The third-order valence-corrected chi connectivity index (χ3v) is 6.67. The maximum absolute atomic E-state index is 13.1. The van der Waals surface area contributed by atoms with Crippen LogP contribution in [0, 0.1) is 6.92 Å². The molecule has 0 aliphatic heterocycles. The summed E-state index contributed by atoms with van der Waals surface area (Å²) in [5.41, 5.74) is 6.62. The van der Waals surface area contributed by atoms with E-state index in [1.165, 1.54) is 23.5 Å². The van der Waals surface area contributed by atoms with Crippen LogP contribution in [0.25, 0.3) is 21.5 Å². The van der Waals surface area contributed by atoms with Crippen molar-refractivity contribution in [3.8, 4) is 11.4 Å². The molecule has 0 saturated heterocycles. The van der Waals surface area contributed by atoms with Gasteiger partial charge >= 0.3 is 6.18 Å². The molecule has 2 aromatic heterocycles. The van der Waals surface area contributed by atoms with E-state index in [-0.39, 0.29) is 12.2 Å². The van der Waals surface area contributed by atoms with Gasteiger partial charge in [-0.2, -0.15) is 13.2 Å². The molecule has 4 aromatic rings. The van der Waals surface area contributed by atoms with Crippen LogP contribution in [0.2, 0.25) is 0 Å². The lowest BCUT2D eigenvalue weighted by atomic mass is 10.1. The van der Waals surface area contributed by atoms with Crippen molar-refractivity contribution in [3.63, 3.8) is 0 Å². The Morgan fingerprint density at radius 1 is 1.15 bits per heavy atom. The van der Waals surface area contributed by atoms with E-state index >= 15 is 0 Å². The zero-order valence-electron chi connectivity index (χ0n) is 18.4. The predicted molar refractivity (Wildman–Crippen MR) is 125 cm³/mol. The van der Waals surface area contributed by atoms with E-state index in [2.05, 4.69) is 10.3 Å². The third kappa shape index (κ3) is 4.67. The van der Waals surface area contributed by atoms with Gasteiger partial charge in [0, 0.05) is 34.3 Å². The number of carbonyl (C=O) groups excluding carboxylic acids is 2. The molecular weight excluding hydrogens is 465 g/mol. The molecule has 4 rings (SSSR count). The van der Waals surface area contributed by atoms with Crippen molar-refractivity contribution in [1.82, 2.24) is 14.9 Å². The molecule has 6 nitrogen and oxygen atoms in total. The number of hydrogen-bond acceptors (Lipinski definition) is 4. The van der Waals surface area contributed by atoms with Gasteiger partial charge in [-0.05, 0) is 36.1 Å². The van der Waals surface area contributed by atoms with Crippen LogP contribution in [-0.2, 0) is 24.4 Å². The first-order valence-electron chi connectivity index (χ1n) is 10.3. The number of fused-ring (bicyclic) bond motifs is 1. The highest BCUT2D eigenvalue weighted by Gasteiger charge is 2.30. The summed E-state index contributed by atoms with van der Waals surface area (Å²) >= 11 is 1.48. The fourth-order valence-corrected chi connectivity index (χ4v) is 4.93. The zero-order valence-corrected chi connectivity index (χ0v) is 19.2.